The van der Waals surface area contributed by atoms with Crippen LogP contribution in [-0.2, 0) is 29.8 Å². The lowest BCUT2D eigenvalue weighted by molar-refractivity contribution is -0.102. The molecule has 0 bridgehead atoms. The van der Waals surface area contributed by atoms with Crippen LogP contribution in [0.5, 0.6) is 0 Å². The van der Waals surface area contributed by atoms with Crippen LogP contribution >= 0.6 is 0 Å². The third-order valence-corrected chi connectivity index (χ3v) is 5.86. The van der Waals surface area contributed by atoms with Crippen molar-refractivity contribution in [2.24, 2.45) is 0 Å². The number of rotatable bonds is 4. The van der Waals surface area contributed by atoms with E-state index in [4.69, 9.17) is 9.72 Å². The Kier molecular flexibility index (Phi) is 4.80. The topological polar surface area (TPSA) is 56.1 Å². The molecule has 6 heteroatoms. The maximum Gasteiger partial charge on any atom is 0.125 e. The van der Waals surface area contributed by atoms with Crippen molar-refractivity contribution >= 4 is 0 Å². The molecule has 0 saturated carbocycles. The molecule has 2 aliphatic heterocycles. The van der Waals surface area contributed by atoms with Gasteiger partial charge in [-0.2, -0.15) is 5.10 Å². The van der Waals surface area contributed by atoms with E-state index in [-0.39, 0.29) is 5.60 Å². The van der Waals surface area contributed by atoms with E-state index in [2.05, 4.69) is 33.5 Å². The Morgan fingerprint density at radius 2 is 2.00 bits per heavy atom. The summed E-state index contributed by atoms with van der Waals surface area (Å²) in [5.74, 6) is 0.843. The number of likely N-dealkylation sites (tertiary alicyclic amines) is 1. The molecule has 0 N–H and O–H groups in total. The Morgan fingerprint density at radius 3 is 2.77 bits per heavy atom. The molecule has 1 spiro atoms. The smallest absolute Gasteiger partial charge is 0.125 e. The first-order chi connectivity index (χ1) is 12.6. The van der Waals surface area contributed by atoms with Gasteiger partial charge in [0.15, 0.2) is 0 Å². The highest BCUT2D eigenvalue weighted by Crippen LogP contribution is 2.40. The van der Waals surface area contributed by atoms with Crippen LogP contribution in [0.3, 0.4) is 0 Å². The number of aromatic nitrogens is 4. The predicted octanol–water partition coefficient (Wildman–Crippen LogP) is 2.76. The Balaban J connectivity index is 1.46. The summed E-state index contributed by atoms with van der Waals surface area (Å²) in [6.07, 6.45) is 8.08. The molecule has 1 fully saturated rings. The van der Waals surface area contributed by atoms with Crippen LogP contribution in [0.2, 0.25) is 0 Å². The van der Waals surface area contributed by atoms with Gasteiger partial charge in [0.25, 0.3) is 0 Å². The summed E-state index contributed by atoms with van der Waals surface area (Å²) < 4.78 is 8.44. The summed E-state index contributed by atoms with van der Waals surface area (Å²) in [5, 5.41) is 4.54. The van der Waals surface area contributed by atoms with Gasteiger partial charge in [0.05, 0.1) is 18.5 Å². The van der Waals surface area contributed by atoms with E-state index < -0.39 is 0 Å². The van der Waals surface area contributed by atoms with E-state index in [1.807, 2.05) is 19.3 Å². The average Bonchev–Trinajstić information content (AvgIpc) is 2.98. The van der Waals surface area contributed by atoms with E-state index in [0.29, 0.717) is 0 Å². The Labute approximate surface area is 155 Å². The minimum Gasteiger partial charge on any atom is -0.368 e. The number of hydrogen-bond acceptors (Lipinski definition) is 5. The van der Waals surface area contributed by atoms with E-state index in [0.717, 1.165) is 70.0 Å². The number of aryl methyl sites for hydroxylation is 2. The molecule has 140 valence electrons. The van der Waals surface area contributed by atoms with Crippen LogP contribution in [0.4, 0.5) is 0 Å². The lowest BCUT2D eigenvalue weighted by Crippen LogP contribution is -2.47. The van der Waals surface area contributed by atoms with E-state index in [1.54, 1.807) is 0 Å². The van der Waals surface area contributed by atoms with Crippen molar-refractivity contribution in [3.05, 3.63) is 40.7 Å². The number of fused-ring (bicyclic) bond motifs is 2. The Hall–Kier alpha value is -1.79. The van der Waals surface area contributed by atoms with E-state index >= 15 is 0 Å². The van der Waals surface area contributed by atoms with Crippen molar-refractivity contribution in [1.29, 1.82) is 0 Å². The van der Waals surface area contributed by atoms with Gasteiger partial charge in [0.2, 0.25) is 0 Å². The highest BCUT2D eigenvalue weighted by atomic mass is 16.5. The molecule has 0 aliphatic carbocycles. The van der Waals surface area contributed by atoms with Crippen LogP contribution in [0.25, 0.3) is 0 Å². The van der Waals surface area contributed by atoms with Crippen molar-refractivity contribution in [2.45, 2.75) is 65.1 Å². The van der Waals surface area contributed by atoms with Crippen LogP contribution < -0.4 is 0 Å². The Morgan fingerprint density at radius 1 is 1.19 bits per heavy atom. The van der Waals surface area contributed by atoms with E-state index in [9.17, 15) is 0 Å². The van der Waals surface area contributed by atoms with Crippen molar-refractivity contribution < 1.29 is 4.74 Å². The molecular weight excluding hydrogens is 326 g/mol. The molecule has 26 heavy (non-hydrogen) atoms. The molecular formula is C20H29N5O. The first-order valence-electron chi connectivity index (χ1n) is 9.82. The second-order valence-electron chi connectivity index (χ2n) is 7.64. The molecule has 2 aromatic rings. The molecule has 0 amide bonds. The van der Waals surface area contributed by atoms with Crippen molar-refractivity contribution in [1.82, 2.24) is 24.6 Å². The molecule has 0 atom stereocenters. The lowest BCUT2D eigenvalue weighted by Gasteiger charge is -2.44. The fourth-order valence-corrected chi connectivity index (χ4v) is 4.27. The summed E-state index contributed by atoms with van der Waals surface area (Å²) >= 11 is 0. The molecule has 0 radical (unpaired) electrons. The van der Waals surface area contributed by atoms with Gasteiger partial charge in [-0.25, -0.2) is 9.97 Å². The van der Waals surface area contributed by atoms with Gasteiger partial charge in [0, 0.05) is 43.6 Å². The number of nitrogens with zero attached hydrogens (tertiary/aromatic N) is 5. The zero-order valence-electron chi connectivity index (χ0n) is 16.2. The van der Waals surface area contributed by atoms with Gasteiger partial charge in [-0.05, 0) is 45.1 Å². The van der Waals surface area contributed by atoms with Crippen molar-refractivity contribution in [3.8, 4) is 0 Å². The monoisotopic (exact) mass is 355 g/mol. The normalized spacial score (nSPS) is 19.7. The molecule has 4 rings (SSSR count). The van der Waals surface area contributed by atoms with Gasteiger partial charge < -0.3 is 4.74 Å². The first kappa shape index (κ1) is 17.6. The highest BCUT2D eigenvalue weighted by Gasteiger charge is 2.42. The predicted molar refractivity (Wildman–Crippen MR) is 99.9 cm³/mol. The molecule has 4 heterocycles. The zero-order valence-corrected chi connectivity index (χ0v) is 16.2. The minimum atomic E-state index is -0.209. The van der Waals surface area contributed by atoms with Gasteiger partial charge in [0.1, 0.15) is 11.4 Å². The Bertz CT molecular complexity index is 777. The quantitative estimate of drug-likeness (QED) is 0.844. The summed E-state index contributed by atoms with van der Waals surface area (Å²) in [5.41, 5.74) is 4.85. The molecule has 1 saturated heterocycles. The SMILES string of the molecule is CCCn1ncc(CN2CCC3(CC2)OCCc2cnc(C)nc23)c1C. The summed E-state index contributed by atoms with van der Waals surface area (Å²) in [6.45, 7) is 11.2. The fourth-order valence-electron chi connectivity index (χ4n) is 4.27. The minimum absolute atomic E-state index is 0.209. The van der Waals surface area contributed by atoms with Crippen LogP contribution in [0.1, 0.15) is 54.5 Å². The average molecular weight is 355 g/mol. The van der Waals surface area contributed by atoms with Gasteiger partial charge in [-0.3, -0.25) is 9.58 Å². The summed E-state index contributed by atoms with van der Waals surface area (Å²) in [6, 6.07) is 0. The number of ether oxygens (including phenoxy) is 1. The van der Waals surface area contributed by atoms with Crippen LogP contribution in [-0.4, -0.2) is 44.3 Å². The van der Waals surface area contributed by atoms with E-state index in [1.165, 1.54) is 16.8 Å². The first-order valence-corrected chi connectivity index (χ1v) is 9.82. The molecule has 2 aromatic heterocycles. The van der Waals surface area contributed by atoms with Crippen LogP contribution in [0, 0.1) is 13.8 Å². The largest absolute Gasteiger partial charge is 0.368 e. The van der Waals surface area contributed by atoms with Crippen molar-refractivity contribution in [2.75, 3.05) is 19.7 Å². The fraction of sp³-hybridized carbons (Fsp3) is 0.650. The van der Waals surface area contributed by atoms with Crippen LogP contribution in [0.15, 0.2) is 12.4 Å². The lowest BCUT2D eigenvalue weighted by atomic mass is 9.83. The third-order valence-electron chi connectivity index (χ3n) is 5.86. The second kappa shape index (κ2) is 7.08. The highest BCUT2D eigenvalue weighted by molar-refractivity contribution is 5.27. The molecule has 0 unspecified atom stereocenters. The maximum absolute atomic E-state index is 6.31. The van der Waals surface area contributed by atoms with Crippen molar-refractivity contribution in [3.63, 3.8) is 0 Å². The maximum atomic E-state index is 6.31. The van der Waals surface area contributed by atoms with Gasteiger partial charge in [-0.15, -0.1) is 0 Å². The van der Waals surface area contributed by atoms with Gasteiger partial charge in [-0.1, -0.05) is 6.92 Å². The number of hydrogen-bond donors (Lipinski definition) is 0. The molecule has 2 aliphatic rings. The third kappa shape index (κ3) is 3.16. The molecule has 0 aromatic carbocycles. The standard InChI is InChI=1S/C20H29N5O/c1-4-8-25-15(2)18(13-22-25)14-24-9-6-20(7-10-24)19-17(5-11-26-20)12-21-16(3)23-19/h12-13H,4-11,14H2,1-3H3. The summed E-state index contributed by atoms with van der Waals surface area (Å²) in [4.78, 5) is 11.7. The number of piperidine rings is 1. The second-order valence-corrected chi connectivity index (χ2v) is 7.64. The zero-order chi connectivity index (χ0) is 18.1. The van der Waals surface area contributed by atoms with Gasteiger partial charge >= 0.3 is 0 Å². The molecule has 6 nitrogen and oxygen atoms in total. The summed E-state index contributed by atoms with van der Waals surface area (Å²) in [7, 11) is 0.